The second kappa shape index (κ2) is 5.85. The van der Waals surface area contributed by atoms with E-state index < -0.39 is 0 Å². The van der Waals surface area contributed by atoms with E-state index in [1.165, 1.54) is 12.0 Å². The van der Waals surface area contributed by atoms with Crippen molar-refractivity contribution >= 4 is 5.91 Å². The van der Waals surface area contributed by atoms with Crippen LogP contribution in [-0.2, 0) is 13.0 Å². The highest BCUT2D eigenvalue weighted by Crippen LogP contribution is 2.42. The maximum absolute atomic E-state index is 12.8. The number of amides is 1. The van der Waals surface area contributed by atoms with Gasteiger partial charge in [-0.1, -0.05) is 0 Å². The zero-order valence-corrected chi connectivity index (χ0v) is 13.9. The van der Waals surface area contributed by atoms with Gasteiger partial charge in [0.2, 0.25) is 0 Å². The van der Waals surface area contributed by atoms with Gasteiger partial charge in [-0.25, -0.2) is 4.98 Å². The Hall–Kier alpha value is -2.50. The predicted octanol–water partition coefficient (Wildman–Crippen LogP) is 2.77. The average molecular weight is 328 g/mol. The Morgan fingerprint density at radius 3 is 2.58 bits per heavy atom. The molecule has 0 atom stereocenters. The second-order valence-corrected chi connectivity index (χ2v) is 6.29. The zero-order chi connectivity index (χ0) is 16.7. The Labute approximate surface area is 140 Å². The minimum absolute atomic E-state index is 0.0499. The summed E-state index contributed by atoms with van der Waals surface area (Å²) in [5.41, 5.74) is 2.75. The van der Waals surface area contributed by atoms with Crippen molar-refractivity contribution in [3.8, 4) is 11.5 Å². The summed E-state index contributed by atoms with van der Waals surface area (Å²) in [6.07, 6.45) is 4.33. The average Bonchev–Trinajstić information content (AvgIpc) is 3.35. The van der Waals surface area contributed by atoms with Crippen LogP contribution in [-0.4, -0.2) is 36.6 Å². The molecule has 0 N–H and O–H groups in total. The van der Waals surface area contributed by atoms with Gasteiger partial charge in [-0.3, -0.25) is 4.79 Å². The van der Waals surface area contributed by atoms with Crippen molar-refractivity contribution in [2.75, 3.05) is 20.8 Å². The molecule has 1 amide bonds. The van der Waals surface area contributed by atoms with Crippen molar-refractivity contribution in [2.45, 2.75) is 31.7 Å². The third-order valence-corrected chi connectivity index (χ3v) is 4.75. The molecule has 1 fully saturated rings. The number of benzene rings is 1. The Bertz CT molecular complexity index is 779. The minimum atomic E-state index is -0.0499. The van der Waals surface area contributed by atoms with Crippen molar-refractivity contribution in [3.05, 3.63) is 41.1 Å². The molecule has 1 aliphatic carbocycles. The normalized spacial score (nSPS) is 16.7. The van der Waals surface area contributed by atoms with E-state index in [1.807, 2.05) is 17.0 Å². The number of hydrogen-bond donors (Lipinski definition) is 0. The molecule has 0 bridgehead atoms. The summed E-state index contributed by atoms with van der Waals surface area (Å²) in [5, 5.41) is 0. The molecule has 2 aliphatic rings. The van der Waals surface area contributed by atoms with Gasteiger partial charge in [-0.2, -0.15) is 0 Å². The van der Waals surface area contributed by atoms with E-state index in [1.54, 1.807) is 14.2 Å². The van der Waals surface area contributed by atoms with Gasteiger partial charge in [0.15, 0.2) is 23.6 Å². The lowest BCUT2D eigenvalue weighted by Crippen LogP contribution is -2.36. The van der Waals surface area contributed by atoms with Crippen molar-refractivity contribution in [3.63, 3.8) is 0 Å². The molecular weight excluding hydrogens is 308 g/mol. The molecule has 1 saturated carbocycles. The summed E-state index contributed by atoms with van der Waals surface area (Å²) in [6, 6.07) is 3.96. The predicted molar refractivity (Wildman–Crippen MR) is 86.5 cm³/mol. The molecule has 2 aromatic rings. The SMILES string of the molecule is COc1cc2c(cc1OC)CN(C(=O)c1ncoc1C1CC1)CC2. The Morgan fingerprint density at radius 1 is 1.21 bits per heavy atom. The summed E-state index contributed by atoms with van der Waals surface area (Å²) in [7, 11) is 3.25. The van der Waals surface area contributed by atoms with Crippen molar-refractivity contribution in [1.29, 1.82) is 0 Å². The molecule has 0 radical (unpaired) electrons. The second-order valence-electron chi connectivity index (χ2n) is 6.29. The highest BCUT2D eigenvalue weighted by molar-refractivity contribution is 5.93. The summed E-state index contributed by atoms with van der Waals surface area (Å²) >= 11 is 0. The van der Waals surface area contributed by atoms with Gasteiger partial charge in [0, 0.05) is 19.0 Å². The Kier molecular flexibility index (Phi) is 3.67. The molecule has 1 aromatic carbocycles. The smallest absolute Gasteiger partial charge is 0.276 e. The van der Waals surface area contributed by atoms with Gasteiger partial charge in [0.05, 0.1) is 14.2 Å². The van der Waals surface area contributed by atoms with E-state index in [0.29, 0.717) is 30.5 Å². The topological polar surface area (TPSA) is 64.8 Å². The van der Waals surface area contributed by atoms with Gasteiger partial charge >= 0.3 is 0 Å². The van der Waals surface area contributed by atoms with Crippen LogP contribution in [0.2, 0.25) is 0 Å². The van der Waals surface area contributed by atoms with E-state index in [-0.39, 0.29) is 5.91 Å². The first kappa shape index (κ1) is 15.1. The fourth-order valence-electron chi connectivity index (χ4n) is 3.26. The van der Waals surface area contributed by atoms with Crippen LogP contribution in [0.25, 0.3) is 0 Å². The first-order valence-electron chi connectivity index (χ1n) is 8.17. The monoisotopic (exact) mass is 328 g/mol. The number of carbonyl (C=O) groups excluding carboxylic acids is 1. The number of nitrogens with zero attached hydrogens (tertiary/aromatic N) is 2. The Morgan fingerprint density at radius 2 is 1.92 bits per heavy atom. The van der Waals surface area contributed by atoms with E-state index in [2.05, 4.69) is 4.98 Å². The lowest BCUT2D eigenvalue weighted by Gasteiger charge is -2.29. The molecule has 6 heteroatoms. The maximum atomic E-state index is 12.8. The van der Waals surface area contributed by atoms with Crippen LogP contribution in [0.4, 0.5) is 0 Å². The van der Waals surface area contributed by atoms with Crippen molar-refractivity contribution in [2.24, 2.45) is 0 Å². The molecule has 126 valence electrons. The third-order valence-electron chi connectivity index (χ3n) is 4.75. The fourth-order valence-corrected chi connectivity index (χ4v) is 3.26. The van der Waals surface area contributed by atoms with Crippen LogP contribution >= 0.6 is 0 Å². The maximum Gasteiger partial charge on any atom is 0.276 e. The number of ether oxygens (including phenoxy) is 2. The van der Waals surface area contributed by atoms with Crippen molar-refractivity contribution < 1.29 is 18.7 Å². The molecule has 0 saturated heterocycles. The number of fused-ring (bicyclic) bond motifs is 1. The van der Waals surface area contributed by atoms with E-state index in [4.69, 9.17) is 13.9 Å². The van der Waals surface area contributed by atoms with E-state index >= 15 is 0 Å². The van der Waals surface area contributed by atoms with Crippen LogP contribution in [0.1, 0.15) is 46.1 Å². The molecule has 0 unspecified atom stereocenters. The largest absolute Gasteiger partial charge is 0.493 e. The van der Waals surface area contributed by atoms with Crippen LogP contribution in [0.3, 0.4) is 0 Å². The van der Waals surface area contributed by atoms with Gasteiger partial charge < -0.3 is 18.8 Å². The molecule has 6 nitrogen and oxygen atoms in total. The van der Waals surface area contributed by atoms with E-state index in [9.17, 15) is 4.79 Å². The van der Waals surface area contributed by atoms with Crippen LogP contribution in [0.5, 0.6) is 11.5 Å². The van der Waals surface area contributed by atoms with Gasteiger partial charge in [0.25, 0.3) is 5.91 Å². The molecule has 0 spiro atoms. The number of aromatic nitrogens is 1. The summed E-state index contributed by atoms with van der Waals surface area (Å²) in [4.78, 5) is 18.8. The molecular formula is C18H20N2O4. The number of hydrogen-bond acceptors (Lipinski definition) is 5. The third kappa shape index (κ3) is 2.52. The summed E-state index contributed by atoms with van der Waals surface area (Å²) in [6.45, 7) is 1.21. The number of carbonyl (C=O) groups is 1. The highest BCUT2D eigenvalue weighted by Gasteiger charge is 2.34. The minimum Gasteiger partial charge on any atom is -0.493 e. The first-order chi connectivity index (χ1) is 11.7. The molecule has 4 rings (SSSR count). The van der Waals surface area contributed by atoms with Crippen LogP contribution in [0.15, 0.2) is 22.9 Å². The van der Waals surface area contributed by atoms with Gasteiger partial charge in [0.1, 0.15) is 5.76 Å². The lowest BCUT2D eigenvalue weighted by atomic mass is 9.98. The quantitative estimate of drug-likeness (QED) is 0.863. The van der Waals surface area contributed by atoms with Gasteiger partial charge in [-0.15, -0.1) is 0 Å². The number of methoxy groups -OCH3 is 2. The zero-order valence-electron chi connectivity index (χ0n) is 13.9. The highest BCUT2D eigenvalue weighted by atomic mass is 16.5. The van der Waals surface area contributed by atoms with Crippen LogP contribution < -0.4 is 9.47 Å². The lowest BCUT2D eigenvalue weighted by molar-refractivity contribution is 0.0726. The molecule has 24 heavy (non-hydrogen) atoms. The molecule has 2 heterocycles. The summed E-state index contributed by atoms with van der Waals surface area (Å²) in [5.74, 6) is 2.48. The number of rotatable bonds is 4. The van der Waals surface area contributed by atoms with Crippen LogP contribution in [0, 0.1) is 0 Å². The Balaban J connectivity index is 1.59. The standard InChI is InChI=1S/C18H20N2O4/c1-22-14-7-12-5-6-20(9-13(12)8-15(14)23-2)18(21)16-17(11-3-4-11)24-10-19-16/h7-8,10-11H,3-6,9H2,1-2H3. The number of oxazole rings is 1. The molecule has 1 aliphatic heterocycles. The fraction of sp³-hybridized carbons (Fsp3) is 0.444. The first-order valence-corrected chi connectivity index (χ1v) is 8.17. The van der Waals surface area contributed by atoms with E-state index in [0.717, 1.165) is 36.3 Å². The summed E-state index contributed by atoms with van der Waals surface area (Å²) < 4.78 is 16.2. The molecule has 1 aromatic heterocycles. The van der Waals surface area contributed by atoms with Crippen molar-refractivity contribution in [1.82, 2.24) is 9.88 Å². The van der Waals surface area contributed by atoms with Gasteiger partial charge in [-0.05, 0) is 42.5 Å².